The summed E-state index contributed by atoms with van der Waals surface area (Å²) in [5.41, 5.74) is -0.690. The molecular weight excluding hydrogens is 293 g/mol. The fraction of sp³-hybridized carbons (Fsp3) is 0.500. The van der Waals surface area contributed by atoms with E-state index in [1.165, 1.54) is 13.2 Å². The standard InChI is InChI=1S/C12H15F3N2O4/c1-20-4-5-21-7-9-8(6-16-11(18)19)2-3-10(17-9)12(13,14)15/h2-3,16H,4-7H2,1H3,(H,18,19). The van der Waals surface area contributed by atoms with Gasteiger partial charge in [-0.15, -0.1) is 0 Å². The van der Waals surface area contributed by atoms with Crippen LogP contribution in [0.1, 0.15) is 17.0 Å². The number of amides is 1. The zero-order chi connectivity index (χ0) is 15.9. The van der Waals surface area contributed by atoms with Crippen molar-refractivity contribution in [1.29, 1.82) is 0 Å². The Kier molecular flexibility index (Phi) is 6.38. The normalized spacial score (nSPS) is 11.4. The molecule has 0 unspecified atom stereocenters. The lowest BCUT2D eigenvalue weighted by Gasteiger charge is -2.13. The molecule has 118 valence electrons. The van der Waals surface area contributed by atoms with Gasteiger partial charge in [-0.3, -0.25) is 0 Å². The van der Waals surface area contributed by atoms with Crippen LogP contribution in [0.25, 0.3) is 0 Å². The lowest BCUT2D eigenvalue weighted by molar-refractivity contribution is -0.141. The molecule has 0 bridgehead atoms. The van der Waals surface area contributed by atoms with E-state index in [0.717, 1.165) is 6.07 Å². The first-order chi connectivity index (χ1) is 9.84. The second kappa shape index (κ2) is 7.79. The molecule has 0 spiro atoms. The number of hydrogen-bond acceptors (Lipinski definition) is 4. The highest BCUT2D eigenvalue weighted by Gasteiger charge is 2.33. The fourth-order valence-electron chi connectivity index (χ4n) is 1.46. The van der Waals surface area contributed by atoms with Gasteiger partial charge in [0.2, 0.25) is 0 Å². The Morgan fingerprint density at radius 1 is 1.38 bits per heavy atom. The summed E-state index contributed by atoms with van der Waals surface area (Å²) in [6.45, 7) is 0.176. The van der Waals surface area contributed by atoms with Gasteiger partial charge in [0.05, 0.1) is 25.5 Å². The average molecular weight is 308 g/mol. The topological polar surface area (TPSA) is 80.7 Å². The Morgan fingerprint density at radius 2 is 2.10 bits per heavy atom. The van der Waals surface area contributed by atoms with Crippen LogP contribution in [-0.4, -0.2) is 36.5 Å². The Hall–Kier alpha value is -1.87. The van der Waals surface area contributed by atoms with Crippen LogP contribution in [0.3, 0.4) is 0 Å². The number of alkyl halides is 3. The molecular formula is C12H15F3N2O4. The lowest BCUT2D eigenvalue weighted by Crippen LogP contribution is -2.22. The molecule has 21 heavy (non-hydrogen) atoms. The maximum absolute atomic E-state index is 12.6. The highest BCUT2D eigenvalue weighted by Crippen LogP contribution is 2.28. The summed E-state index contributed by atoms with van der Waals surface area (Å²) in [5.74, 6) is 0. The Morgan fingerprint density at radius 3 is 2.67 bits per heavy atom. The molecule has 0 aliphatic heterocycles. The van der Waals surface area contributed by atoms with Crippen molar-refractivity contribution >= 4 is 6.09 Å². The number of nitrogens with one attached hydrogen (secondary N) is 1. The number of ether oxygens (including phenoxy) is 2. The van der Waals surface area contributed by atoms with E-state index in [2.05, 4.69) is 10.3 Å². The van der Waals surface area contributed by atoms with Gasteiger partial charge >= 0.3 is 12.3 Å². The van der Waals surface area contributed by atoms with Crippen molar-refractivity contribution in [1.82, 2.24) is 10.3 Å². The summed E-state index contributed by atoms with van der Waals surface area (Å²) in [4.78, 5) is 13.9. The highest BCUT2D eigenvalue weighted by molar-refractivity contribution is 5.64. The monoisotopic (exact) mass is 308 g/mol. The third-order valence-electron chi connectivity index (χ3n) is 2.46. The Labute approximate surface area is 118 Å². The summed E-state index contributed by atoms with van der Waals surface area (Å²) in [7, 11) is 1.47. The van der Waals surface area contributed by atoms with Crippen molar-refractivity contribution in [3.63, 3.8) is 0 Å². The molecule has 1 amide bonds. The summed E-state index contributed by atoms with van der Waals surface area (Å²) in [6, 6.07) is 1.98. The number of pyridine rings is 1. The average Bonchev–Trinajstić information content (AvgIpc) is 2.40. The summed E-state index contributed by atoms with van der Waals surface area (Å²) in [5, 5.41) is 10.6. The molecule has 0 saturated carbocycles. The molecule has 1 aromatic heterocycles. The molecule has 0 radical (unpaired) electrons. The van der Waals surface area contributed by atoms with Crippen molar-refractivity contribution in [2.24, 2.45) is 0 Å². The predicted molar refractivity (Wildman–Crippen MR) is 65.6 cm³/mol. The van der Waals surface area contributed by atoms with E-state index in [4.69, 9.17) is 14.6 Å². The fourth-order valence-corrected chi connectivity index (χ4v) is 1.46. The first kappa shape index (κ1) is 17.2. The number of hydrogen-bond donors (Lipinski definition) is 2. The number of halogens is 3. The molecule has 1 aromatic rings. The third-order valence-corrected chi connectivity index (χ3v) is 2.46. The number of methoxy groups -OCH3 is 1. The molecule has 6 nitrogen and oxygen atoms in total. The first-order valence-electron chi connectivity index (χ1n) is 5.94. The molecule has 0 aromatic carbocycles. The predicted octanol–water partition coefficient (Wildman–Crippen LogP) is 2.03. The lowest BCUT2D eigenvalue weighted by atomic mass is 10.1. The summed E-state index contributed by atoms with van der Waals surface area (Å²) in [6.07, 6.45) is -5.85. The number of rotatable bonds is 7. The number of carboxylic acid groups (broad SMARTS) is 1. The van der Waals surface area contributed by atoms with E-state index in [1.54, 1.807) is 0 Å². The largest absolute Gasteiger partial charge is 0.465 e. The molecule has 0 atom stereocenters. The minimum Gasteiger partial charge on any atom is -0.465 e. The zero-order valence-corrected chi connectivity index (χ0v) is 11.2. The molecule has 2 N–H and O–H groups in total. The van der Waals surface area contributed by atoms with E-state index < -0.39 is 18.0 Å². The second-order valence-corrected chi connectivity index (χ2v) is 4.00. The van der Waals surface area contributed by atoms with Crippen LogP contribution in [0.15, 0.2) is 12.1 Å². The van der Waals surface area contributed by atoms with Crippen LogP contribution in [0.5, 0.6) is 0 Å². The number of aromatic nitrogens is 1. The molecule has 0 aliphatic carbocycles. The van der Waals surface area contributed by atoms with Gasteiger partial charge in [0.25, 0.3) is 0 Å². The van der Waals surface area contributed by atoms with Crippen LogP contribution in [0.4, 0.5) is 18.0 Å². The molecule has 0 saturated heterocycles. The van der Waals surface area contributed by atoms with Gasteiger partial charge in [0.1, 0.15) is 5.69 Å². The van der Waals surface area contributed by atoms with Gasteiger partial charge in [-0.05, 0) is 11.6 Å². The van der Waals surface area contributed by atoms with Gasteiger partial charge in [0.15, 0.2) is 0 Å². The van der Waals surface area contributed by atoms with E-state index in [1.807, 2.05) is 0 Å². The molecule has 1 heterocycles. The van der Waals surface area contributed by atoms with E-state index in [9.17, 15) is 18.0 Å². The second-order valence-electron chi connectivity index (χ2n) is 4.00. The summed E-state index contributed by atoms with van der Waals surface area (Å²) >= 11 is 0. The zero-order valence-electron chi connectivity index (χ0n) is 11.2. The van der Waals surface area contributed by atoms with Gasteiger partial charge < -0.3 is 19.9 Å². The van der Waals surface area contributed by atoms with Crippen LogP contribution in [-0.2, 0) is 28.8 Å². The quantitative estimate of drug-likeness (QED) is 0.753. The Balaban J connectivity index is 2.87. The van der Waals surface area contributed by atoms with Gasteiger partial charge in [0, 0.05) is 13.7 Å². The van der Waals surface area contributed by atoms with Gasteiger partial charge in [-0.1, -0.05) is 6.07 Å². The maximum atomic E-state index is 12.6. The van der Waals surface area contributed by atoms with Gasteiger partial charge in [-0.25, -0.2) is 9.78 Å². The molecule has 0 fully saturated rings. The van der Waals surface area contributed by atoms with Crippen molar-refractivity contribution in [2.75, 3.05) is 20.3 Å². The van der Waals surface area contributed by atoms with Crippen molar-refractivity contribution in [2.45, 2.75) is 19.3 Å². The van der Waals surface area contributed by atoms with Crippen molar-refractivity contribution in [3.8, 4) is 0 Å². The summed E-state index contributed by atoms with van der Waals surface area (Å²) < 4.78 is 47.8. The highest BCUT2D eigenvalue weighted by atomic mass is 19.4. The van der Waals surface area contributed by atoms with Crippen molar-refractivity contribution in [3.05, 3.63) is 29.1 Å². The SMILES string of the molecule is COCCOCc1nc(C(F)(F)F)ccc1CNC(=O)O. The van der Waals surface area contributed by atoms with Crippen LogP contribution < -0.4 is 5.32 Å². The smallest absolute Gasteiger partial charge is 0.433 e. The number of nitrogens with zero attached hydrogens (tertiary/aromatic N) is 1. The van der Waals surface area contributed by atoms with Crippen LogP contribution >= 0.6 is 0 Å². The molecule has 0 aliphatic rings. The Bertz CT molecular complexity index is 480. The molecule has 1 rings (SSSR count). The number of carbonyl (C=O) groups is 1. The van der Waals surface area contributed by atoms with E-state index in [-0.39, 0.29) is 25.5 Å². The van der Waals surface area contributed by atoms with Gasteiger partial charge in [-0.2, -0.15) is 13.2 Å². The maximum Gasteiger partial charge on any atom is 0.433 e. The minimum atomic E-state index is -4.57. The van der Waals surface area contributed by atoms with Crippen LogP contribution in [0, 0.1) is 0 Å². The van der Waals surface area contributed by atoms with E-state index >= 15 is 0 Å². The molecule has 9 heteroatoms. The van der Waals surface area contributed by atoms with Crippen molar-refractivity contribution < 1.29 is 32.5 Å². The first-order valence-corrected chi connectivity index (χ1v) is 5.94. The van der Waals surface area contributed by atoms with Crippen LogP contribution in [0.2, 0.25) is 0 Å². The van der Waals surface area contributed by atoms with E-state index in [0.29, 0.717) is 12.2 Å². The minimum absolute atomic E-state index is 0.0367. The third kappa shape index (κ3) is 5.96.